The van der Waals surface area contributed by atoms with Crippen LogP contribution in [0.1, 0.15) is 18.7 Å². The molecule has 0 saturated heterocycles. The van der Waals surface area contributed by atoms with Gasteiger partial charge in [-0.3, -0.25) is 4.79 Å². The van der Waals surface area contributed by atoms with Gasteiger partial charge in [0.2, 0.25) is 27.6 Å². The predicted molar refractivity (Wildman–Crippen MR) is 104 cm³/mol. The number of aromatic nitrogens is 2. The zero-order valence-electron chi connectivity index (χ0n) is 15.3. The number of rotatable bonds is 8. The number of hydrogen-bond donors (Lipinski definition) is 2. The third-order valence-electron chi connectivity index (χ3n) is 4.01. The minimum atomic E-state index is -3.49. The maximum absolute atomic E-state index is 12.1. The average Bonchev–Trinajstić information content (AvgIpc) is 3.18. The summed E-state index contributed by atoms with van der Waals surface area (Å²) in [6, 6.07) is 15.5. The van der Waals surface area contributed by atoms with Crippen LogP contribution in [0.5, 0.6) is 0 Å². The highest BCUT2D eigenvalue weighted by Crippen LogP contribution is 2.16. The molecule has 1 aromatic heterocycles. The van der Waals surface area contributed by atoms with Gasteiger partial charge in [-0.1, -0.05) is 35.5 Å². The van der Waals surface area contributed by atoms with E-state index in [1.54, 1.807) is 12.1 Å². The van der Waals surface area contributed by atoms with Gasteiger partial charge in [0.25, 0.3) is 0 Å². The number of carbonyl (C=O) groups is 1. The Morgan fingerprint density at radius 3 is 2.46 bits per heavy atom. The van der Waals surface area contributed by atoms with Gasteiger partial charge in [-0.25, -0.2) is 13.1 Å². The van der Waals surface area contributed by atoms with E-state index in [9.17, 15) is 13.2 Å². The van der Waals surface area contributed by atoms with Gasteiger partial charge in [-0.05, 0) is 37.7 Å². The van der Waals surface area contributed by atoms with Crippen LogP contribution in [0, 0.1) is 0 Å². The van der Waals surface area contributed by atoms with Crippen molar-refractivity contribution in [2.75, 3.05) is 12.4 Å². The predicted octanol–water partition coefficient (Wildman–Crippen LogP) is 2.61. The van der Waals surface area contributed by atoms with Gasteiger partial charge < -0.3 is 9.84 Å². The first-order valence-electron chi connectivity index (χ1n) is 8.69. The molecule has 2 aromatic carbocycles. The summed E-state index contributed by atoms with van der Waals surface area (Å²) in [7, 11) is -2.15. The Morgan fingerprint density at radius 2 is 1.79 bits per heavy atom. The first kappa shape index (κ1) is 19.7. The van der Waals surface area contributed by atoms with E-state index in [2.05, 4.69) is 20.2 Å². The van der Waals surface area contributed by atoms with Crippen molar-refractivity contribution < 1.29 is 17.7 Å². The summed E-state index contributed by atoms with van der Waals surface area (Å²) in [6.07, 6.45) is 1.32. The topological polar surface area (TPSA) is 114 Å². The highest BCUT2D eigenvalue weighted by molar-refractivity contribution is 7.89. The Kier molecular flexibility index (Phi) is 6.17. The largest absolute Gasteiger partial charge is 0.339 e. The Labute approximate surface area is 163 Å². The third kappa shape index (κ3) is 5.02. The maximum Gasteiger partial charge on any atom is 0.240 e. The molecule has 3 aromatic rings. The molecule has 0 aliphatic rings. The summed E-state index contributed by atoms with van der Waals surface area (Å²) in [4.78, 5) is 16.5. The van der Waals surface area contributed by atoms with E-state index >= 15 is 0 Å². The van der Waals surface area contributed by atoms with E-state index in [1.807, 2.05) is 30.3 Å². The maximum atomic E-state index is 12.1. The highest BCUT2D eigenvalue weighted by atomic mass is 32.2. The Balaban J connectivity index is 1.48. The number of anilines is 1. The van der Waals surface area contributed by atoms with Crippen LogP contribution in [0.15, 0.2) is 64.0 Å². The molecule has 146 valence electrons. The van der Waals surface area contributed by atoms with E-state index < -0.39 is 10.0 Å². The van der Waals surface area contributed by atoms with Gasteiger partial charge in [0.15, 0.2) is 0 Å². The second kappa shape index (κ2) is 8.77. The van der Waals surface area contributed by atoms with Crippen molar-refractivity contribution in [2.24, 2.45) is 0 Å². The Bertz CT molecular complexity index is 1030. The minimum Gasteiger partial charge on any atom is -0.339 e. The summed E-state index contributed by atoms with van der Waals surface area (Å²) in [5, 5.41) is 6.68. The molecule has 28 heavy (non-hydrogen) atoms. The van der Waals surface area contributed by atoms with E-state index in [-0.39, 0.29) is 17.2 Å². The van der Waals surface area contributed by atoms with Crippen LogP contribution < -0.4 is 10.0 Å². The van der Waals surface area contributed by atoms with Crippen LogP contribution in [0.4, 0.5) is 5.69 Å². The molecule has 2 N–H and O–H groups in total. The molecular weight excluding hydrogens is 380 g/mol. The van der Waals surface area contributed by atoms with Gasteiger partial charge in [0.1, 0.15) is 0 Å². The third-order valence-corrected chi connectivity index (χ3v) is 5.44. The molecule has 0 aliphatic carbocycles. The fraction of sp³-hybridized carbons (Fsp3) is 0.211. The molecule has 0 unspecified atom stereocenters. The summed E-state index contributed by atoms with van der Waals surface area (Å²) >= 11 is 0. The summed E-state index contributed by atoms with van der Waals surface area (Å²) in [5.74, 6) is 0.831. The number of benzene rings is 2. The molecule has 0 radical (unpaired) electrons. The lowest BCUT2D eigenvalue weighted by atomic mass is 10.2. The highest BCUT2D eigenvalue weighted by Gasteiger charge is 2.12. The van der Waals surface area contributed by atoms with Gasteiger partial charge in [-0.2, -0.15) is 4.98 Å². The number of hydrogen-bond acceptors (Lipinski definition) is 6. The van der Waals surface area contributed by atoms with Gasteiger partial charge in [0.05, 0.1) is 4.90 Å². The van der Waals surface area contributed by atoms with Crippen molar-refractivity contribution in [3.63, 3.8) is 0 Å². The molecule has 0 aliphatic heterocycles. The zero-order chi connectivity index (χ0) is 20.0. The fourth-order valence-corrected chi connectivity index (χ4v) is 3.25. The summed E-state index contributed by atoms with van der Waals surface area (Å²) in [6.45, 7) is 0. The number of amides is 1. The van der Waals surface area contributed by atoms with Crippen molar-refractivity contribution >= 4 is 21.6 Å². The van der Waals surface area contributed by atoms with Crippen LogP contribution in [0.25, 0.3) is 11.4 Å². The standard InChI is InChI=1S/C19H20N4O4S/c1-20-28(25,26)16-12-10-15(11-13-16)21-17(24)8-5-9-18-22-19(23-27-18)14-6-3-2-4-7-14/h2-4,6-7,10-13,20H,5,8-9H2,1H3,(H,21,24). The fourth-order valence-electron chi connectivity index (χ4n) is 2.52. The SMILES string of the molecule is CNS(=O)(=O)c1ccc(NC(=O)CCCc2nc(-c3ccccc3)no2)cc1. The van der Waals surface area contributed by atoms with Crippen molar-refractivity contribution in [1.29, 1.82) is 0 Å². The lowest BCUT2D eigenvalue weighted by Gasteiger charge is -2.06. The van der Waals surface area contributed by atoms with Crippen molar-refractivity contribution in [3.8, 4) is 11.4 Å². The molecular formula is C19H20N4O4S. The number of aryl methyl sites for hydroxylation is 1. The first-order chi connectivity index (χ1) is 13.5. The smallest absolute Gasteiger partial charge is 0.240 e. The quantitative estimate of drug-likeness (QED) is 0.601. The van der Waals surface area contributed by atoms with Gasteiger partial charge in [0, 0.05) is 24.1 Å². The first-order valence-corrected chi connectivity index (χ1v) is 10.2. The number of carbonyl (C=O) groups excluding carboxylic acids is 1. The van der Waals surface area contributed by atoms with E-state index in [0.717, 1.165) is 5.56 Å². The van der Waals surface area contributed by atoms with Crippen LogP contribution in [0.2, 0.25) is 0 Å². The molecule has 1 heterocycles. The molecule has 3 rings (SSSR count). The Morgan fingerprint density at radius 1 is 1.07 bits per heavy atom. The number of nitrogens with zero attached hydrogens (tertiary/aromatic N) is 2. The number of nitrogens with one attached hydrogen (secondary N) is 2. The summed E-state index contributed by atoms with van der Waals surface area (Å²) < 4.78 is 30.8. The minimum absolute atomic E-state index is 0.138. The van der Waals surface area contributed by atoms with Gasteiger partial charge in [-0.15, -0.1) is 0 Å². The molecule has 0 fully saturated rings. The van der Waals surface area contributed by atoms with E-state index in [0.29, 0.717) is 30.2 Å². The van der Waals surface area contributed by atoms with Crippen LogP contribution in [-0.2, 0) is 21.2 Å². The van der Waals surface area contributed by atoms with Gasteiger partial charge >= 0.3 is 0 Å². The molecule has 0 bridgehead atoms. The molecule has 0 atom stereocenters. The molecule has 9 heteroatoms. The average molecular weight is 400 g/mol. The summed E-state index contributed by atoms with van der Waals surface area (Å²) in [5.41, 5.74) is 1.41. The van der Waals surface area contributed by atoms with Crippen LogP contribution in [-0.4, -0.2) is 31.5 Å². The Hall–Kier alpha value is -3.04. The van der Waals surface area contributed by atoms with E-state index in [4.69, 9.17) is 4.52 Å². The second-order valence-corrected chi connectivity index (χ2v) is 7.90. The molecule has 0 saturated carbocycles. The lowest BCUT2D eigenvalue weighted by molar-refractivity contribution is -0.116. The second-order valence-electron chi connectivity index (χ2n) is 6.01. The zero-order valence-corrected chi connectivity index (χ0v) is 16.1. The number of sulfonamides is 1. The monoisotopic (exact) mass is 400 g/mol. The van der Waals surface area contributed by atoms with Crippen molar-refractivity contribution in [2.45, 2.75) is 24.2 Å². The van der Waals surface area contributed by atoms with E-state index in [1.165, 1.54) is 19.2 Å². The molecule has 0 spiro atoms. The normalized spacial score (nSPS) is 11.3. The molecule has 8 nitrogen and oxygen atoms in total. The van der Waals surface area contributed by atoms with Crippen molar-refractivity contribution in [3.05, 3.63) is 60.5 Å². The lowest BCUT2D eigenvalue weighted by Crippen LogP contribution is -2.18. The van der Waals surface area contributed by atoms with Crippen molar-refractivity contribution in [1.82, 2.24) is 14.9 Å². The van der Waals surface area contributed by atoms with Crippen LogP contribution >= 0.6 is 0 Å². The molecule has 1 amide bonds. The van der Waals surface area contributed by atoms with Crippen LogP contribution in [0.3, 0.4) is 0 Å².